The molecule has 0 aliphatic carbocycles. The minimum atomic E-state index is -0.396. The van der Waals surface area contributed by atoms with E-state index in [4.69, 9.17) is 4.74 Å². The second-order valence-corrected chi connectivity index (χ2v) is 5.75. The largest absolute Gasteiger partial charge is 0.378 e. The van der Waals surface area contributed by atoms with Crippen LogP contribution in [0.25, 0.3) is 0 Å². The summed E-state index contributed by atoms with van der Waals surface area (Å²) in [5.41, 5.74) is 3.24. The van der Waals surface area contributed by atoms with Gasteiger partial charge in [0, 0.05) is 38.5 Å². The third-order valence-corrected chi connectivity index (χ3v) is 3.98. The van der Waals surface area contributed by atoms with Crippen molar-refractivity contribution in [1.82, 2.24) is 5.32 Å². The Kier molecular flexibility index (Phi) is 4.27. The van der Waals surface area contributed by atoms with Gasteiger partial charge < -0.3 is 9.64 Å². The molecule has 0 saturated carbocycles. The van der Waals surface area contributed by atoms with Gasteiger partial charge in [0.1, 0.15) is 6.23 Å². The molecule has 2 aromatic carbocycles. The van der Waals surface area contributed by atoms with Crippen molar-refractivity contribution >= 4 is 11.4 Å². The predicted octanol–water partition coefficient (Wildman–Crippen LogP) is 3.02. The molecular weight excluding hydrogens is 294 g/mol. The summed E-state index contributed by atoms with van der Waals surface area (Å²) < 4.78 is 6.04. The monoisotopic (exact) mass is 313 g/mol. The zero-order chi connectivity index (χ0) is 16.4. The first-order valence-corrected chi connectivity index (χ1v) is 7.45. The molecule has 1 saturated heterocycles. The van der Waals surface area contributed by atoms with Crippen molar-refractivity contribution in [2.45, 2.75) is 12.3 Å². The van der Waals surface area contributed by atoms with Crippen LogP contribution in [-0.4, -0.2) is 25.6 Å². The number of benzene rings is 2. The second-order valence-electron chi connectivity index (χ2n) is 5.75. The molecule has 3 rings (SSSR count). The molecule has 1 aliphatic heterocycles. The molecule has 1 heterocycles. The van der Waals surface area contributed by atoms with Crippen LogP contribution in [-0.2, 0) is 4.74 Å². The Morgan fingerprint density at radius 3 is 2.26 bits per heavy atom. The summed E-state index contributed by atoms with van der Waals surface area (Å²) >= 11 is 0. The molecule has 1 aliphatic rings. The SMILES string of the molecule is CN(C)c1ccc([C@H]2NC[C@@H](c3ccc([N+](=O)[O-])cc3)O2)cc1. The molecule has 0 unspecified atom stereocenters. The van der Waals surface area contributed by atoms with Crippen molar-refractivity contribution < 1.29 is 9.66 Å². The molecule has 2 atom stereocenters. The Bertz CT molecular complexity index is 683. The number of hydrogen-bond donors (Lipinski definition) is 1. The maximum Gasteiger partial charge on any atom is 0.269 e. The van der Waals surface area contributed by atoms with Crippen LogP contribution >= 0.6 is 0 Å². The lowest BCUT2D eigenvalue weighted by Gasteiger charge is -2.16. The van der Waals surface area contributed by atoms with Crippen LogP contribution in [0.4, 0.5) is 11.4 Å². The Morgan fingerprint density at radius 2 is 1.70 bits per heavy atom. The van der Waals surface area contributed by atoms with Crippen LogP contribution in [0.1, 0.15) is 23.5 Å². The van der Waals surface area contributed by atoms with Crippen molar-refractivity contribution in [2.24, 2.45) is 0 Å². The van der Waals surface area contributed by atoms with Gasteiger partial charge in [-0.1, -0.05) is 12.1 Å². The summed E-state index contributed by atoms with van der Waals surface area (Å²) in [6, 6.07) is 14.7. The highest BCUT2D eigenvalue weighted by Gasteiger charge is 2.27. The van der Waals surface area contributed by atoms with Crippen LogP contribution in [0.5, 0.6) is 0 Å². The quantitative estimate of drug-likeness (QED) is 0.694. The topological polar surface area (TPSA) is 67.6 Å². The summed E-state index contributed by atoms with van der Waals surface area (Å²) in [6.45, 7) is 0.678. The number of non-ortho nitro benzene ring substituents is 1. The third-order valence-electron chi connectivity index (χ3n) is 3.98. The fraction of sp³-hybridized carbons (Fsp3) is 0.294. The van der Waals surface area contributed by atoms with E-state index in [-0.39, 0.29) is 18.0 Å². The van der Waals surface area contributed by atoms with E-state index < -0.39 is 4.92 Å². The van der Waals surface area contributed by atoms with Crippen molar-refractivity contribution in [2.75, 3.05) is 25.5 Å². The zero-order valence-corrected chi connectivity index (χ0v) is 13.1. The zero-order valence-electron chi connectivity index (χ0n) is 13.1. The van der Waals surface area contributed by atoms with Crippen LogP contribution in [0.3, 0.4) is 0 Å². The normalized spacial score (nSPS) is 20.4. The molecule has 0 amide bonds. The molecule has 1 N–H and O–H groups in total. The van der Waals surface area contributed by atoms with Crippen molar-refractivity contribution in [3.63, 3.8) is 0 Å². The summed E-state index contributed by atoms with van der Waals surface area (Å²) in [6.07, 6.45) is -0.263. The molecule has 23 heavy (non-hydrogen) atoms. The fourth-order valence-corrected chi connectivity index (χ4v) is 2.63. The standard InChI is InChI=1S/C17H19N3O3/c1-19(2)14-7-5-13(6-8-14)17-18-11-16(23-17)12-3-9-15(10-4-12)20(21)22/h3-10,16-18H,11H2,1-2H3/t16-,17-/m0/s1. The Balaban J connectivity index is 1.69. The van der Waals surface area contributed by atoms with E-state index >= 15 is 0 Å². The number of anilines is 1. The van der Waals surface area contributed by atoms with E-state index in [1.165, 1.54) is 12.1 Å². The lowest BCUT2D eigenvalue weighted by molar-refractivity contribution is -0.384. The lowest BCUT2D eigenvalue weighted by atomic mass is 10.1. The molecular formula is C17H19N3O3. The molecule has 0 radical (unpaired) electrons. The van der Waals surface area contributed by atoms with Gasteiger partial charge in [0.25, 0.3) is 5.69 Å². The summed E-state index contributed by atoms with van der Waals surface area (Å²) in [7, 11) is 4.01. The molecule has 120 valence electrons. The van der Waals surface area contributed by atoms with Crippen LogP contribution < -0.4 is 10.2 Å². The number of nitro benzene ring substituents is 1. The first-order valence-electron chi connectivity index (χ1n) is 7.45. The third kappa shape index (κ3) is 3.33. The van der Waals surface area contributed by atoms with E-state index in [1.807, 2.05) is 31.1 Å². The van der Waals surface area contributed by atoms with E-state index in [2.05, 4.69) is 17.4 Å². The predicted molar refractivity (Wildman–Crippen MR) is 88.4 cm³/mol. The minimum Gasteiger partial charge on any atom is -0.378 e. The molecule has 2 aromatic rings. The second kappa shape index (κ2) is 6.36. The smallest absolute Gasteiger partial charge is 0.269 e. The first kappa shape index (κ1) is 15.5. The highest BCUT2D eigenvalue weighted by molar-refractivity contribution is 5.46. The Hall–Kier alpha value is -2.44. The maximum absolute atomic E-state index is 10.7. The van der Waals surface area contributed by atoms with Gasteiger partial charge in [0.05, 0.1) is 11.0 Å². The average molecular weight is 313 g/mol. The van der Waals surface area contributed by atoms with Gasteiger partial charge in [-0.25, -0.2) is 0 Å². The first-order chi connectivity index (χ1) is 11.0. The van der Waals surface area contributed by atoms with Crippen LogP contribution in [0.2, 0.25) is 0 Å². The number of nitro groups is 1. The Labute approximate surface area is 134 Å². The van der Waals surface area contributed by atoms with Gasteiger partial charge in [0.15, 0.2) is 0 Å². The van der Waals surface area contributed by atoms with E-state index in [1.54, 1.807) is 12.1 Å². The molecule has 0 aromatic heterocycles. The molecule has 6 heteroatoms. The van der Waals surface area contributed by atoms with Crippen LogP contribution in [0, 0.1) is 10.1 Å². The van der Waals surface area contributed by atoms with E-state index in [0.29, 0.717) is 6.54 Å². The van der Waals surface area contributed by atoms with Gasteiger partial charge in [-0.15, -0.1) is 0 Å². The van der Waals surface area contributed by atoms with Crippen molar-refractivity contribution in [3.8, 4) is 0 Å². The summed E-state index contributed by atoms with van der Waals surface area (Å²) in [5.74, 6) is 0. The van der Waals surface area contributed by atoms with Gasteiger partial charge in [0.2, 0.25) is 0 Å². The minimum absolute atomic E-state index is 0.0931. The molecule has 1 fully saturated rings. The number of ether oxygens (including phenoxy) is 1. The van der Waals surface area contributed by atoms with Gasteiger partial charge in [-0.3, -0.25) is 15.4 Å². The molecule has 6 nitrogen and oxygen atoms in total. The number of nitrogens with one attached hydrogen (secondary N) is 1. The highest BCUT2D eigenvalue weighted by atomic mass is 16.6. The van der Waals surface area contributed by atoms with Crippen molar-refractivity contribution in [1.29, 1.82) is 0 Å². The van der Waals surface area contributed by atoms with Crippen LogP contribution in [0.15, 0.2) is 48.5 Å². The van der Waals surface area contributed by atoms with Gasteiger partial charge in [-0.05, 0) is 35.4 Å². The number of hydrogen-bond acceptors (Lipinski definition) is 5. The van der Waals surface area contributed by atoms with Gasteiger partial charge in [-0.2, -0.15) is 0 Å². The Morgan fingerprint density at radius 1 is 1.09 bits per heavy atom. The summed E-state index contributed by atoms with van der Waals surface area (Å²) in [5, 5.41) is 14.0. The highest BCUT2D eigenvalue weighted by Crippen LogP contribution is 2.31. The van der Waals surface area contributed by atoms with E-state index in [9.17, 15) is 10.1 Å². The summed E-state index contributed by atoms with van der Waals surface area (Å²) in [4.78, 5) is 12.4. The molecule has 0 bridgehead atoms. The average Bonchev–Trinajstić information content (AvgIpc) is 3.05. The fourth-order valence-electron chi connectivity index (χ4n) is 2.63. The van der Waals surface area contributed by atoms with Crippen molar-refractivity contribution in [3.05, 3.63) is 69.8 Å². The van der Waals surface area contributed by atoms with E-state index in [0.717, 1.165) is 16.8 Å². The number of nitrogens with zero attached hydrogens (tertiary/aromatic N) is 2. The van der Waals surface area contributed by atoms with Gasteiger partial charge >= 0.3 is 0 Å². The molecule has 0 spiro atoms. The lowest BCUT2D eigenvalue weighted by Crippen LogP contribution is -2.14. The number of rotatable bonds is 4. The maximum atomic E-state index is 10.7.